The van der Waals surface area contributed by atoms with Gasteiger partial charge in [0.05, 0.1) is 14.2 Å². The minimum Gasteiger partial charge on any atom is -0.493 e. The third-order valence-electron chi connectivity index (χ3n) is 5.08. The van der Waals surface area contributed by atoms with E-state index < -0.39 is 0 Å². The van der Waals surface area contributed by atoms with Gasteiger partial charge in [-0.3, -0.25) is 0 Å². The molecule has 2 amide bonds. The average molecular weight is 333 g/mol. The average Bonchev–Trinajstić information content (AvgIpc) is 2.65. The highest BCUT2D eigenvalue weighted by molar-refractivity contribution is 5.75. The Morgan fingerprint density at radius 3 is 2.17 bits per heavy atom. The highest BCUT2D eigenvalue weighted by Gasteiger charge is 2.28. The van der Waals surface area contributed by atoms with Crippen LogP contribution in [-0.4, -0.2) is 74.2 Å². The highest BCUT2D eigenvalue weighted by Crippen LogP contribution is 2.33. The van der Waals surface area contributed by atoms with Gasteiger partial charge in [0.2, 0.25) is 0 Å². The Labute approximate surface area is 143 Å². The maximum atomic E-state index is 12.8. The van der Waals surface area contributed by atoms with Crippen LogP contribution < -0.4 is 9.47 Å². The van der Waals surface area contributed by atoms with Crippen LogP contribution in [0.1, 0.15) is 18.1 Å². The summed E-state index contributed by atoms with van der Waals surface area (Å²) in [6.07, 6.45) is 0.857. The normalized spacial score (nSPS) is 18.3. The number of hydrogen-bond acceptors (Lipinski definition) is 4. The van der Waals surface area contributed by atoms with E-state index >= 15 is 0 Å². The summed E-state index contributed by atoms with van der Waals surface area (Å²) in [6, 6.07) is 4.20. The molecule has 1 aromatic rings. The van der Waals surface area contributed by atoms with Crippen LogP contribution in [0.5, 0.6) is 11.5 Å². The Balaban J connectivity index is 1.69. The van der Waals surface area contributed by atoms with E-state index in [4.69, 9.17) is 9.47 Å². The predicted molar refractivity (Wildman–Crippen MR) is 92.7 cm³/mol. The molecule has 0 bridgehead atoms. The van der Waals surface area contributed by atoms with Gasteiger partial charge in [0.1, 0.15) is 0 Å². The van der Waals surface area contributed by atoms with Gasteiger partial charge in [-0.05, 0) is 36.2 Å². The van der Waals surface area contributed by atoms with Crippen molar-refractivity contribution in [2.45, 2.75) is 19.9 Å². The second-order valence-electron chi connectivity index (χ2n) is 6.35. The Morgan fingerprint density at radius 2 is 1.58 bits per heavy atom. The fourth-order valence-corrected chi connectivity index (χ4v) is 3.50. The molecule has 0 N–H and O–H groups in total. The molecule has 1 aromatic carbocycles. The molecule has 0 saturated carbocycles. The molecular formula is C18H27N3O3. The molecule has 2 aliphatic rings. The summed E-state index contributed by atoms with van der Waals surface area (Å²) in [5.41, 5.74) is 2.40. The molecule has 0 radical (unpaired) electrons. The van der Waals surface area contributed by atoms with Gasteiger partial charge in [-0.2, -0.15) is 0 Å². The van der Waals surface area contributed by atoms with Gasteiger partial charge < -0.3 is 24.2 Å². The number of fused-ring (bicyclic) bond motifs is 1. The molecule has 132 valence electrons. The fourth-order valence-electron chi connectivity index (χ4n) is 3.50. The van der Waals surface area contributed by atoms with Crippen molar-refractivity contribution in [1.82, 2.24) is 14.7 Å². The number of amides is 2. The lowest BCUT2D eigenvalue weighted by atomic mass is 9.99. The molecule has 0 aliphatic carbocycles. The quantitative estimate of drug-likeness (QED) is 0.846. The van der Waals surface area contributed by atoms with Crippen LogP contribution in [0.4, 0.5) is 4.79 Å². The molecule has 2 aliphatic heterocycles. The highest BCUT2D eigenvalue weighted by atomic mass is 16.5. The minimum atomic E-state index is 0.159. The van der Waals surface area contributed by atoms with Crippen LogP contribution in [0, 0.1) is 0 Å². The summed E-state index contributed by atoms with van der Waals surface area (Å²) in [5.74, 6) is 1.48. The Hall–Kier alpha value is -1.95. The SMILES string of the molecule is CCN1CCN(C(=O)N2CCc3cc(OC)c(OC)cc3C2)CC1. The van der Waals surface area contributed by atoms with Gasteiger partial charge in [0.15, 0.2) is 11.5 Å². The van der Waals surface area contributed by atoms with E-state index in [1.165, 1.54) is 5.56 Å². The lowest BCUT2D eigenvalue weighted by Gasteiger charge is -2.38. The predicted octanol–water partition coefficient (Wildman–Crippen LogP) is 1.82. The Bertz CT molecular complexity index is 597. The van der Waals surface area contributed by atoms with E-state index in [-0.39, 0.29) is 6.03 Å². The zero-order chi connectivity index (χ0) is 17.1. The van der Waals surface area contributed by atoms with Crippen LogP contribution in [0.25, 0.3) is 0 Å². The smallest absolute Gasteiger partial charge is 0.320 e. The van der Waals surface area contributed by atoms with E-state index in [2.05, 4.69) is 11.8 Å². The number of nitrogens with zero attached hydrogens (tertiary/aromatic N) is 3. The van der Waals surface area contributed by atoms with Gasteiger partial charge in [-0.15, -0.1) is 0 Å². The van der Waals surface area contributed by atoms with Crippen molar-refractivity contribution < 1.29 is 14.3 Å². The molecule has 0 aromatic heterocycles. The van der Waals surface area contributed by atoms with Crippen molar-refractivity contribution >= 4 is 6.03 Å². The summed E-state index contributed by atoms with van der Waals surface area (Å²) in [7, 11) is 3.29. The van der Waals surface area contributed by atoms with Crippen molar-refractivity contribution in [1.29, 1.82) is 0 Å². The zero-order valence-corrected chi connectivity index (χ0v) is 14.9. The molecule has 0 unspecified atom stereocenters. The summed E-state index contributed by atoms with van der Waals surface area (Å²) < 4.78 is 10.8. The van der Waals surface area contributed by atoms with Crippen LogP contribution >= 0.6 is 0 Å². The first-order chi connectivity index (χ1) is 11.7. The van der Waals surface area contributed by atoms with E-state index in [0.717, 1.165) is 62.8 Å². The number of benzene rings is 1. The van der Waals surface area contributed by atoms with Crippen molar-refractivity contribution in [3.8, 4) is 11.5 Å². The monoisotopic (exact) mass is 333 g/mol. The van der Waals surface area contributed by atoms with E-state index in [9.17, 15) is 4.79 Å². The molecule has 1 saturated heterocycles. The fraction of sp³-hybridized carbons (Fsp3) is 0.611. The second kappa shape index (κ2) is 7.30. The van der Waals surface area contributed by atoms with Crippen molar-refractivity contribution in [2.24, 2.45) is 0 Å². The van der Waals surface area contributed by atoms with Crippen LogP contribution in [0.2, 0.25) is 0 Å². The van der Waals surface area contributed by atoms with Gasteiger partial charge in [-0.1, -0.05) is 6.92 Å². The summed E-state index contributed by atoms with van der Waals surface area (Å²) in [6.45, 7) is 8.21. The third-order valence-corrected chi connectivity index (χ3v) is 5.08. The van der Waals surface area contributed by atoms with E-state index in [1.54, 1.807) is 14.2 Å². The number of hydrogen-bond donors (Lipinski definition) is 0. The van der Waals surface area contributed by atoms with Crippen LogP contribution in [-0.2, 0) is 13.0 Å². The zero-order valence-electron chi connectivity index (χ0n) is 14.9. The lowest BCUT2D eigenvalue weighted by Crippen LogP contribution is -2.53. The van der Waals surface area contributed by atoms with E-state index in [1.807, 2.05) is 21.9 Å². The third kappa shape index (κ3) is 3.29. The number of methoxy groups -OCH3 is 2. The van der Waals surface area contributed by atoms with Gasteiger partial charge in [0, 0.05) is 39.3 Å². The molecule has 24 heavy (non-hydrogen) atoms. The minimum absolute atomic E-state index is 0.159. The molecule has 0 atom stereocenters. The summed E-state index contributed by atoms with van der Waals surface area (Å²) in [4.78, 5) is 19.1. The molecule has 1 fully saturated rings. The number of likely N-dealkylation sites (N-methyl/N-ethyl adjacent to an activating group) is 1. The number of piperazine rings is 1. The molecule has 0 spiro atoms. The topological polar surface area (TPSA) is 45.2 Å². The molecule has 3 rings (SSSR count). The van der Waals surface area contributed by atoms with E-state index in [0.29, 0.717) is 6.54 Å². The number of urea groups is 1. The second-order valence-corrected chi connectivity index (χ2v) is 6.35. The van der Waals surface area contributed by atoms with Crippen LogP contribution in [0.15, 0.2) is 12.1 Å². The number of carbonyl (C=O) groups is 1. The van der Waals surface area contributed by atoms with Gasteiger partial charge in [-0.25, -0.2) is 4.79 Å². The van der Waals surface area contributed by atoms with Gasteiger partial charge in [0.25, 0.3) is 0 Å². The van der Waals surface area contributed by atoms with Crippen LogP contribution in [0.3, 0.4) is 0 Å². The van der Waals surface area contributed by atoms with Crippen molar-refractivity contribution in [2.75, 3.05) is 53.5 Å². The van der Waals surface area contributed by atoms with Crippen molar-refractivity contribution in [3.05, 3.63) is 23.3 Å². The molecule has 2 heterocycles. The van der Waals surface area contributed by atoms with Gasteiger partial charge >= 0.3 is 6.03 Å². The largest absolute Gasteiger partial charge is 0.493 e. The standard InChI is InChI=1S/C18H27N3O3/c1-4-19-7-9-20(10-8-19)18(22)21-6-5-14-11-16(23-2)17(24-3)12-15(14)13-21/h11-12H,4-10,13H2,1-3H3. The Morgan fingerprint density at radius 1 is 0.958 bits per heavy atom. The first-order valence-electron chi connectivity index (χ1n) is 8.66. The number of carbonyl (C=O) groups excluding carboxylic acids is 1. The number of ether oxygens (including phenoxy) is 2. The summed E-state index contributed by atoms with van der Waals surface area (Å²) >= 11 is 0. The first kappa shape index (κ1) is 16.9. The first-order valence-corrected chi connectivity index (χ1v) is 8.66. The summed E-state index contributed by atoms with van der Waals surface area (Å²) in [5, 5.41) is 0. The maximum Gasteiger partial charge on any atom is 0.320 e. The number of rotatable bonds is 3. The maximum absolute atomic E-state index is 12.8. The molecule has 6 nitrogen and oxygen atoms in total. The molecular weight excluding hydrogens is 306 g/mol. The molecule has 6 heteroatoms. The lowest BCUT2D eigenvalue weighted by molar-refractivity contribution is 0.111. The Kier molecular flexibility index (Phi) is 5.14. The van der Waals surface area contributed by atoms with Crippen molar-refractivity contribution in [3.63, 3.8) is 0 Å².